The van der Waals surface area contributed by atoms with Crippen molar-refractivity contribution in [2.45, 2.75) is 77.1 Å². The van der Waals surface area contributed by atoms with Crippen molar-refractivity contribution in [2.75, 3.05) is 13.2 Å². The molecule has 24 heavy (non-hydrogen) atoms. The van der Waals surface area contributed by atoms with Gasteiger partial charge >= 0.3 is 0 Å². The second-order valence-corrected chi connectivity index (χ2v) is 9.60. The minimum atomic E-state index is -0.281. The number of hydrogen-bond acceptors (Lipinski definition) is 3. The second kappa shape index (κ2) is 5.08. The van der Waals surface area contributed by atoms with E-state index in [1.165, 1.54) is 32.1 Å². The molecule has 0 amide bonds. The van der Waals surface area contributed by atoms with Crippen LogP contribution in [0.1, 0.15) is 65.2 Å². The molecule has 5 aliphatic rings. The first kappa shape index (κ1) is 15.8. The van der Waals surface area contributed by atoms with Crippen LogP contribution in [0.4, 0.5) is 0 Å². The SMILES string of the molecule is C[C@]12CC[C@@H](O)CC1=CCC1C2CC[C@@]2(C)C1CCC21OCCO1. The average Bonchev–Trinajstić information content (AvgIpc) is 3.15. The summed E-state index contributed by atoms with van der Waals surface area (Å²) in [6.07, 6.45) is 11.6. The van der Waals surface area contributed by atoms with Gasteiger partial charge in [0.2, 0.25) is 0 Å². The van der Waals surface area contributed by atoms with E-state index in [4.69, 9.17) is 9.47 Å². The third-order valence-electron chi connectivity index (χ3n) is 8.88. The molecule has 0 aromatic heterocycles. The van der Waals surface area contributed by atoms with E-state index in [1.54, 1.807) is 5.57 Å². The molecule has 1 N–H and O–H groups in total. The van der Waals surface area contributed by atoms with Crippen molar-refractivity contribution < 1.29 is 14.6 Å². The van der Waals surface area contributed by atoms with Gasteiger partial charge in [0.15, 0.2) is 5.79 Å². The van der Waals surface area contributed by atoms with E-state index in [9.17, 15) is 5.11 Å². The van der Waals surface area contributed by atoms with Crippen LogP contribution in [-0.4, -0.2) is 30.2 Å². The zero-order valence-corrected chi connectivity index (χ0v) is 15.2. The summed E-state index contributed by atoms with van der Waals surface area (Å²) >= 11 is 0. The largest absolute Gasteiger partial charge is 0.393 e. The molecule has 0 aromatic carbocycles. The molecule has 4 fully saturated rings. The third-order valence-corrected chi connectivity index (χ3v) is 8.88. The number of aliphatic hydroxyl groups excluding tert-OH is 1. The van der Waals surface area contributed by atoms with E-state index in [0.717, 1.165) is 50.2 Å². The molecule has 0 aromatic rings. The highest BCUT2D eigenvalue weighted by Gasteiger charge is 2.66. The van der Waals surface area contributed by atoms with Crippen LogP contribution in [0.25, 0.3) is 0 Å². The van der Waals surface area contributed by atoms with Gasteiger partial charge in [-0.3, -0.25) is 0 Å². The van der Waals surface area contributed by atoms with Gasteiger partial charge in [-0.25, -0.2) is 0 Å². The molecule has 3 unspecified atom stereocenters. The molecule has 1 heterocycles. The van der Waals surface area contributed by atoms with Gasteiger partial charge in [-0.1, -0.05) is 25.5 Å². The van der Waals surface area contributed by atoms with Crippen molar-refractivity contribution >= 4 is 0 Å². The third kappa shape index (κ3) is 1.84. The Hall–Kier alpha value is -0.380. The van der Waals surface area contributed by atoms with E-state index < -0.39 is 0 Å². The lowest BCUT2D eigenvalue weighted by Gasteiger charge is -2.58. The minimum Gasteiger partial charge on any atom is -0.393 e. The first-order valence-electron chi connectivity index (χ1n) is 10.1. The fourth-order valence-corrected chi connectivity index (χ4v) is 7.53. The highest BCUT2D eigenvalue weighted by molar-refractivity contribution is 5.26. The maximum Gasteiger partial charge on any atom is 0.174 e. The topological polar surface area (TPSA) is 38.7 Å². The standard InChI is InChI=1S/C21H32O3/c1-19-8-5-15(22)13-14(19)3-4-16-17(19)6-9-20(2)18(16)7-10-21(20)23-11-12-24-21/h3,15-18,22H,4-13H2,1-2H3/t15-,16?,17?,18?,19+,20+/m1/s1. The zero-order valence-electron chi connectivity index (χ0n) is 15.2. The van der Waals surface area contributed by atoms with Gasteiger partial charge in [0.25, 0.3) is 0 Å². The van der Waals surface area contributed by atoms with Crippen LogP contribution in [0.3, 0.4) is 0 Å². The Morgan fingerprint density at radius 1 is 1.00 bits per heavy atom. The van der Waals surface area contributed by atoms with Crippen molar-refractivity contribution in [1.29, 1.82) is 0 Å². The molecule has 3 saturated carbocycles. The lowest BCUT2D eigenvalue weighted by molar-refractivity contribution is -0.242. The number of hydrogen-bond donors (Lipinski definition) is 1. The van der Waals surface area contributed by atoms with Crippen molar-refractivity contribution in [1.82, 2.24) is 0 Å². The van der Waals surface area contributed by atoms with Gasteiger partial charge < -0.3 is 14.6 Å². The van der Waals surface area contributed by atoms with Gasteiger partial charge in [0, 0.05) is 11.8 Å². The van der Waals surface area contributed by atoms with Crippen LogP contribution in [0, 0.1) is 28.6 Å². The Morgan fingerprint density at radius 3 is 2.54 bits per heavy atom. The predicted molar refractivity (Wildman–Crippen MR) is 92.3 cm³/mol. The maximum atomic E-state index is 10.1. The van der Waals surface area contributed by atoms with E-state index in [-0.39, 0.29) is 17.3 Å². The summed E-state index contributed by atoms with van der Waals surface area (Å²) in [6.45, 7) is 6.50. The highest BCUT2D eigenvalue weighted by Crippen LogP contribution is 2.68. The van der Waals surface area contributed by atoms with Crippen LogP contribution in [0.5, 0.6) is 0 Å². The molecule has 134 valence electrons. The van der Waals surface area contributed by atoms with Gasteiger partial charge in [-0.15, -0.1) is 0 Å². The summed E-state index contributed by atoms with van der Waals surface area (Å²) in [5, 5.41) is 10.1. The monoisotopic (exact) mass is 332 g/mol. The van der Waals surface area contributed by atoms with Gasteiger partial charge in [0.05, 0.1) is 19.3 Å². The molecule has 4 aliphatic carbocycles. The normalized spacial score (nSPS) is 52.5. The zero-order chi connectivity index (χ0) is 16.6. The Kier molecular flexibility index (Phi) is 3.35. The fourth-order valence-electron chi connectivity index (χ4n) is 7.53. The van der Waals surface area contributed by atoms with E-state index in [2.05, 4.69) is 19.9 Å². The molecule has 0 radical (unpaired) electrons. The molecular formula is C21H32O3. The minimum absolute atomic E-state index is 0.107. The van der Waals surface area contributed by atoms with E-state index >= 15 is 0 Å². The molecular weight excluding hydrogens is 300 g/mol. The summed E-state index contributed by atoms with van der Waals surface area (Å²) < 4.78 is 12.5. The Morgan fingerprint density at radius 2 is 1.75 bits per heavy atom. The van der Waals surface area contributed by atoms with Crippen LogP contribution < -0.4 is 0 Å². The lowest BCUT2D eigenvalue weighted by Crippen LogP contribution is -2.55. The number of aliphatic hydroxyl groups is 1. The Balaban J connectivity index is 1.49. The van der Waals surface area contributed by atoms with Gasteiger partial charge in [-0.2, -0.15) is 0 Å². The highest BCUT2D eigenvalue weighted by atomic mass is 16.7. The number of allylic oxidation sites excluding steroid dienone is 1. The predicted octanol–water partition coefficient (Wildman–Crippen LogP) is 4.05. The molecule has 3 heteroatoms. The quantitative estimate of drug-likeness (QED) is 0.680. The number of fused-ring (bicyclic) bond motifs is 6. The Labute approximate surface area is 145 Å². The lowest BCUT2D eigenvalue weighted by atomic mass is 9.47. The van der Waals surface area contributed by atoms with Crippen molar-refractivity contribution in [3.63, 3.8) is 0 Å². The van der Waals surface area contributed by atoms with Crippen molar-refractivity contribution in [3.8, 4) is 0 Å². The summed E-state index contributed by atoms with van der Waals surface area (Å²) in [7, 11) is 0. The van der Waals surface area contributed by atoms with Crippen LogP contribution in [0.2, 0.25) is 0 Å². The van der Waals surface area contributed by atoms with Crippen molar-refractivity contribution in [2.24, 2.45) is 28.6 Å². The maximum absolute atomic E-state index is 10.1. The van der Waals surface area contributed by atoms with Crippen LogP contribution in [0.15, 0.2) is 11.6 Å². The van der Waals surface area contributed by atoms with Gasteiger partial charge in [-0.05, 0) is 68.1 Å². The smallest absolute Gasteiger partial charge is 0.174 e. The molecule has 5 rings (SSSR count). The van der Waals surface area contributed by atoms with Gasteiger partial charge in [0.1, 0.15) is 0 Å². The molecule has 1 spiro atoms. The van der Waals surface area contributed by atoms with Crippen molar-refractivity contribution in [3.05, 3.63) is 11.6 Å². The summed E-state index contributed by atoms with van der Waals surface area (Å²) in [5.41, 5.74) is 2.09. The first-order valence-corrected chi connectivity index (χ1v) is 10.1. The molecule has 1 saturated heterocycles. The second-order valence-electron chi connectivity index (χ2n) is 9.60. The average molecular weight is 332 g/mol. The summed E-state index contributed by atoms with van der Waals surface area (Å²) in [4.78, 5) is 0. The molecule has 3 nitrogen and oxygen atoms in total. The Bertz CT molecular complexity index is 563. The van der Waals surface area contributed by atoms with Crippen LogP contribution in [-0.2, 0) is 9.47 Å². The molecule has 0 bridgehead atoms. The summed E-state index contributed by atoms with van der Waals surface area (Å²) in [5.74, 6) is 2.02. The fraction of sp³-hybridized carbons (Fsp3) is 0.905. The first-order chi connectivity index (χ1) is 11.5. The number of rotatable bonds is 0. The molecule has 1 aliphatic heterocycles. The van der Waals surface area contributed by atoms with E-state index in [1.807, 2.05) is 0 Å². The number of ether oxygens (including phenoxy) is 2. The van der Waals surface area contributed by atoms with E-state index in [0.29, 0.717) is 5.41 Å². The summed E-state index contributed by atoms with van der Waals surface area (Å²) in [6, 6.07) is 0. The molecule has 6 atom stereocenters. The van der Waals surface area contributed by atoms with Crippen LogP contribution >= 0.6 is 0 Å².